The topological polar surface area (TPSA) is 26.3 Å². The van der Waals surface area contributed by atoms with Gasteiger partial charge in [0.15, 0.2) is 6.29 Å². The molecule has 2 unspecified atom stereocenters. The molecule has 0 bridgehead atoms. The Balaban J connectivity index is 2.61. The average molecular weight is 184 g/mol. The number of rotatable bonds is 3. The van der Waals surface area contributed by atoms with Crippen LogP contribution in [0.1, 0.15) is 47.0 Å². The van der Waals surface area contributed by atoms with Crippen LogP contribution in [0.15, 0.2) is 0 Å². The predicted molar refractivity (Wildman–Crippen MR) is 52.6 cm³/mol. The summed E-state index contributed by atoms with van der Waals surface area (Å²) in [5.74, 6) is 0.624. The van der Waals surface area contributed by atoms with Crippen LogP contribution in [0.25, 0.3) is 0 Å². The molecule has 2 nitrogen and oxygen atoms in total. The Morgan fingerprint density at radius 3 is 2.38 bits per heavy atom. The average Bonchev–Trinajstić information content (AvgIpc) is 2.27. The quantitative estimate of drug-likeness (QED) is 0.630. The first-order valence-electron chi connectivity index (χ1n) is 5.06. The van der Waals surface area contributed by atoms with Crippen molar-refractivity contribution < 1.29 is 9.53 Å². The number of ether oxygens (including phenoxy) is 1. The lowest BCUT2D eigenvalue weighted by atomic mass is 9.91. The van der Waals surface area contributed by atoms with Crippen LogP contribution in [0.5, 0.6) is 0 Å². The van der Waals surface area contributed by atoms with Crippen molar-refractivity contribution in [2.24, 2.45) is 5.92 Å². The molecule has 0 saturated carbocycles. The molecule has 1 aliphatic heterocycles. The molecule has 0 aromatic heterocycles. The fourth-order valence-electron chi connectivity index (χ4n) is 2.27. The molecule has 2 heteroatoms. The number of carbonyl (C=O) groups excluding carboxylic acids is 1. The molecular formula is C11H20O2. The van der Waals surface area contributed by atoms with Gasteiger partial charge in [0.1, 0.15) is 5.60 Å². The van der Waals surface area contributed by atoms with E-state index in [1.54, 1.807) is 0 Å². The standard InChI is InChI=1S/C11H20O2/c1-9(2)7-10(3)5-6-11(4,8-12)13-10/h8-9H,5-7H2,1-4H3. The van der Waals surface area contributed by atoms with Crippen molar-refractivity contribution in [1.82, 2.24) is 0 Å². The summed E-state index contributed by atoms with van der Waals surface area (Å²) in [6, 6.07) is 0. The molecule has 0 spiro atoms. The third-order valence-corrected chi connectivity index (χ3v) is 2.72. The molecule has 1 aliphatic rings. The minimum absolute atomic E-state index is 0.0795. The van der Waals surface area contributed by atoms with Crippen LogP contribution in [0.4, 0.5) is 0 Å². The van der Waals surface area contributed by atoms with Gasteiger partial charge in [-0.3, -0.25) is 0 Å². The summed E-state index contributed by atoms with van der Waals surface area (Å²) >= 11 is 0. The van der Waals surface area contributed by atoms with Gasteiger partial charge in [-0.2, -0.15) is 0 Å². The smallest absolute Gasteiger partial charge is 0.151 e. The van der Waals surface area contributed by atoms with Gasteiger partial charge in [-0.1, -0.05) is 13.8 Å². The molecule has 0 aliphatic carbocycles. The largest absolute Gasteiger partial charge is 0.362 e. The minimum Gasteiger partial charge on any atom is -0.362 e. The van der Waals surface area contributed by atoms with E-state index in [1.807, 2.05) is 6.92 Å². The molecule has 0 amide bonds. The van der Waals surface area contributed by atoms with Crippen LogP contribution < -0.4 is 0 Å². The van der Waals surface area contributed by atoms with Gasteiger partial charge in [0.25, 0.3) is 0 Å². The summed E-state index contributed by atoms with van der Waals surface area (Å²) in [6.45, 7) is 8.36. The Morgan fingerprint density at radius 1 is 1.38 bits per heavy atom. The van der Waals surface area contributed by atoms with E-state index in [0.29, 0.717) is 5.92 Å². The lowest BCUT2D eigenvalue weighted by molar-refractivity contribution is -0.137. The molecule has 0 N–H and O–H groups in total. The summed E-state index contributed by atoms with van der Waals surface area (Å²) in [6.07, 6.45) is 3.84. The second-order valence-corrected chi connectivity index (χ2v) is 5.08. The fourth-order valence-corrected chi connectivity index (χ4v) is 2.27. The van der Waals surface area contributed by atoms with Gasteiger partial charge in [0, 0.05) is 0 Å². The van der Waals surface area contributed by atoms with Crippen molar-refractivity contribution in [2.75, 3.05) is 0 Å². The summed E-state index contributed by atoms with van der Waals surface area (Å²) in [5, 5.41) is 0. The Hall–Kier alpha value is -0.370. The van der Waals surface area contributed by atoms with E-state index < -0.39 is 5.60 Å². The van der Waals surface area contributed by atoms with Gasteiger partial charge < -0.3 is 9.53 Å². The van der Waals surface area contributed by atoms with Crippen molar-refractivity contribution in [3.05, 3.63) is 0 Å². The number of hydrogen-bond donors (Lipinski definition) is 0. The highest BCUT2D eigenvalue weighted by Gasteiger charge is 2.43. The van der Waals surface area contributed by atoms with Gasteiger partial charge >= 0.3 is 0 Å². The van der Waals surface area contributed by atoms with Crippen molar-refractivity contribution in [1.29, 1.82) is 0 Å². The van der Waals surface area contributed by atoms with Crippen molar-refractivity contribution in [2.45, 2.75) is 58.2 Å². The highest BCUT2D eigenvalue weighted by Crippen LogP contribution is 2.39. The van der Waals surface area contributed by atoms with Gasteiger partial charge in [-0.15, -0.1) is 0 Å². The van der Waals surface area contributed by atoms with Gasteiger partial charge in [-0.25, -0.2) is 0 Å². The monoisotopic (exact) mass is 184 g/mol. The van der Waals surface area contributed by atoms with Gasteiger partial charge in [-0.05, 0) is 39.0 Å². The summed E-state index contributed by atoms with van der Waals surface area (Å²) in [7, 11) is 0. The third-order valence-electron chi connectivity index (χ3n) is 2.72. The molecule has 2 atom stereocenters. The first kappa shape index (κ1) is 10.7. The van der Waals surface area contributed by atoms with Crippen LogP contribution in [0.3, 0.4) is 0 Å². The maximum Gasteiger partial charge on any atom is 0.151 e. The Labute approximate surface area is 80.7 Å². The Morgan fingerprint density at radius 2 is 2.00 bits per heavy atom. The Kier molecular flexibility index (Phi) is 2.81. The molecule has 1 fully saturated rings. The van der Waals surface area contributed by atoms with Crippen molar-refractivity contribution in [3.63, 3.8) is 0 Å². The second-order valence-electron chi connectivity index (χ2n) is 5.08. The normalized spacial score (nSPS) is 39.8. The lowest BCUT2D eigenvalue weighted by Crippen LogP contribution is -2.33. The zero-order chi connectivity index (χ0) is 10.1. The molecule has 0 radical (unpaired) electrons. The van der Waals surface area contributed by atoms with Crippen LogP contribution in [0, 0.1) is 5.92 Å². The van der Waals surface area contributed by atoms with Crippen molar-refractivity contribution >= 4 is 6.29 Å². The molecule has 1 saturated heterocycles. The molecule has 0 aromatic carbocycles. The van der Waals surface area contributed by atoms with Crippen LogP contribution >= 0.6 is 0 Å². The summed E-state index contributed by atoms with van der Waals surface area (Å²) in [5.41, 5.74) is -0.604. The van der Waals surface area contributed by atoms with Crippen LogP contribution in [-0.2, 0) is 9.53 Å². The van der Waals surface area contributed by atoms with E-state index in [0.717, 1.165) is 25.5 Å². The zero-order valence-corrected chi connectivity index (χ0v) is 9.09. The highest BCUT2D eigenvalue weighted by atomic mass is 16.5. The summed E-state index contributed by atoms with van der Waals surface area (Å²) in [4.78, 5) is 10.8. The second kappa shape index (κ2) is 3.41. The maximum atomic E-state index is 10.8. The van der Waals surface area contributed by atoms with E-state index >= 15 is 0 Å². The molecule has 0 aromatic rings. The van der Waals surface area contributed by atoms with E-state index in [-0.39, 0.29) is 5.60 Å². The van der Waals surface area contributed by atoms with E-state index in [4.69, 9.17) is 4.74 Å². The predicted octanol–water partition coefficient (Wildman–Crippen LogP) is 2.56. The Bertz CT molecular complexity index is 200. The number of carbonyl (C=O) groups is 1. The lowest BCUT2D eigenvalue weighted by Gasteiger charge is -2.28. The molecule has 1 heterocycles. The number of hydrogen-bond acceptors (Lipinski definition) is 2. The third kappa shape index (κ3) is 2.53. The van der Waals surface area contributed by atoms with Crippen LogP contribution in [-0.4, -0.2) is 17.5 Å². The van der Waals surface area contributed by atoms with Gasteiger partial charge in [0.05, 0.1) is 5.60 Å². The first-order valence-corrected chi connectivity index (χ1v) is 5.06. The first-order chi connectivity index (χ1) is 5.89. The molecule has 13 heavy (non-hydrogen) atoms. The maximum absolute atomic E-state index is 10.8. The zero-order valence-electron chi connectivity index (χ0n) is 9.09. The molecule has 76 valence electrons. The number of aldehydes is 1. The van der Waals surface area contributed by atoms with Gasteiger partial charge in [0.2, 0.25) is 0 Å². The fraction of sp³-hybridized carbons (Fsp3) is 0.909. The molecule has 1 rings (SSSR count). The minimum atomic E-state index is -0.524. The molecular weight excluding hydrogens is 164 g/mol. The van der Waals surface area contributed by atoms with E-state index in [2.05, 4.69) is 20.8 Å². The highest BCUT2D eigenvalue weighted by molar-refractivity contribution is 5.62. The van der Waals surface area contributed by atoms with Crippen LogP contribution in [0.2, 0.25) is 0 Å². The SMILES string of the molecule is CC(C)CC1(C)CCC(C)(C=O)O1. The van der Waals surface area contributed by atoms with E-state index in [1.165, 1.54) is 0 Å². The summed E-state index contributed by atoms with van der Waals surface area (Å²) < 4.78 is 5.83. The van der Waals surface area contributed by atoms with E-state index in [9.17, 15) is 4.79 Å². The van der Waals surface area contributed by atoms with Crippen molar-refractivity contribution in [3.8, 4) is 0 Å².